The molecule has 0 aromatic carbocycles. The van der Waals surface area contributed by atoms with Crippen molar-refractivity contribution in [3.63, 3.8) is 0 Å². The van der Waals surface area contributed by atoms with Gasteiger partial charge in [0.15, 0.2) is 0 Å². The number of hydrogen-bond acceptors (Lipinski definition) is 4. The summed E-state index contributed by atoms with van der Waals surface area (Å²) in [4.78, 5) is 2.25. The first-order chi connectivity index (χ1) is 7.03. The molecule has 0 spiro atoms. The van der Waals surface area contributed by atoms with Crippen LogP contribution in [-0.2, 0) is 10.0 Å². The highest BCUT2D eigenvalue weighted by molar-refractivity contribution is 7.89. The molecule has 0 amide bonds. The van der Waals surface area contributed by atoms with Gasteiger partial charge in [-0.05, 0) is 38.9 Å². The smallest absolute Gasteiger partial charge is 0.213 e. The second-order valence-electron chi connectivity index (χ2n) is 4.14. The van der Waals surface area contributed by atoms with E-state index in [-0.39, 0.29) is 12.4 Å². The molecule has 1 fully saturated rings. The van der Waals surface area contributed by atoms with E-state index >= 15 is 0 Å². The summed E-state index contributed by atoms with van der Waals surface area (Å²) in [5, 5.41) is 8.55. The predicted molar refractivity (Wildman–Crippen MR) is 59.1 cm³/mol. The Morgan fingerprint density at radius 2 is 2.00 bits per heavy atom. The van der Waals surface area contributed by atoms with E-state index in [0.29, 0.717) is 12.5 Å². The van der Waals surface area contributed by atoms with Crippen LogP contribution in [0, 0.1) is 5.92 Å². The number of likely N-dealkylation sites (tertiary alicyclic amines) is 1. The molecule has 0 bridgehead atoms. The minimum absolute atomic E-state index is 0.195. The number of nitrogens with one attached hydrogen (secondary N) is 1. The molecule has 90 valence electrons. The third-order valence-corrected chi connectivity index (χ3v) is 4.12. The minimum atomic E-state index is -3.26. The van der Waals surface area contributed by atoms with E-state index in [1.54, 1.807) is 0 Å². The molecule has 0 saturated carbocycles. The van der Waals surface area contributed by atoms with Crippen molar-refractivity contribution in [3.8, 4) is 0 Å². The Kier molecular flexibility index (Phi) is 4.98. The predicted octanol–water partition coefficient (Wildman–Crippen LogP) is -0.760. The summed E-state index contributed by atoms with van der Waals surface area (Å²) < 4.78 is 25.1. The topological polar surface area (TPSA) is 69.6 Å². The maximum Gasteiger partial charge on any atom is 0.213 e. The second-order valence-corrected chi connectivity index (χ2v) is 6.06. The first-order valence-corrected chi connectivity index (χ1v) is 6.95. The van der Waals surface area contributed by atoms with Gasteiger partial charge < -0.3 is 10.0 Å². The maximum atomic E-state index is 11.3. The summed E-state index contributed by atoms with van der Waals surface area (Å²) in [7, 11) is -1.18. The van der Waals surface area contributed by atoms with E-state index in [4.69, 9.17) is 5.11 Å². The van der Waals surface area contributed by atoms with Crippen LogP contribution in [0.25, 0.3) is 0 Å². The molecule has 1 saturated heterocycles. The first kappa shape index (κ1) is 12.9. The number of aliphatic hydroxyl groups excluding tert-OH is 1. The summed E-state index contributed by atoms with van der Waals surface area (Å²) >= 11 is 0. The fourth-order valence-electron chi connectivity index (χ4n) is 1.70. The lowest BCUT2D eigenvalue weighted by Crippen LogP contribution is -2.37. The molecule has 2 N–H and O–H groups in total. The maximum absolute atomic E-state index is 11.3. The summed E-state index contributed by atoms with van der Waals surface area (Å²) in [5.74, 6) is 0.245. The molecule has 0 aromatic heterocycles. The van der Waals surface area contributed by atoms with E-state index in [0.717, 1.165) is 25.9 Å². The van der Waals surface area contributed by atoms with Crippen LogP contribution >= 0.6 is 0 Å². The summed E-state index contributed by atoms with van der Waals surface area (Å²) in [5.41, 5.74) is 0. The highest BCUT2D eigenvalue weighted by Gasteiger charge is 2.18. The van der Waals surface area contributed by atoms with Crippen LogP contribution in [0.5, 0.6) is 0 Å². The van der Waals surface area contributed by atoms with E-state index < -0.39 is 10.0 Å². The molecule has 1 aliphatic heterocycles. The second kappa shape index (κ2) is 5.79. The van der Waals surface area contributed by atoms with Crippen LogP contribution in [0.1, 0.15) is 12.8 Å². The molecule has 6 heteroatoms. The molecule has 0 aliphatic carbocycles. The SMILES string of the molecule is CN1CCC(CNS(=O)(=O)CCO)CC1. The number of aliphatic hydroxyl groups is 1. The number of rotatable bonds is 5. The van der Waals surface area contributed by atoms with Crippen LogP contribution in [0.4, 0.5) is 0 Å². The van der Waals surface area contributed by atoms with E-state index in [9.17, 15) is 8.42 Å². The molecule has 5 nitrogen and oxygen atoms in total. The van der Waals surface area contributed by atoms with Gasteiger partial charge in [-0.2, -0.15) is 0 Å². The number of nitrogens with zero attached hydrogens (tertiary/aromatic N) is 1. The molecular weight excluding hydrogens is 216 g/mol. The third kappa shape index (κ3) is 4.92. The quantitative estimate of drug-likeness (QED) is 0.658. The Morgan fingerprint density at radius 3 is 2.53 bits per heavy atom. The van der Waals surface area contributed by atoms with Gasteiger partial charge in [-0.25, -0.2) is 13.1 Å². The van der Waals surface area contributed by atoms with Gasteiger partial charge in [0.25, 0.3) is 0 Å². The van der Waals surface area contributed by atoms with Crippen molar-refractivity contribution in [3.05, 3.63) is 0 Å². The molecule has 1 aliphatic rings. The molecule has 15 heavy (non-hydrogen) atoms. The molecule has 0 unspecified atom stereocenters. The van der Waals surface area contributed by atoms with E-state index in [1.165, 1.54) is 0 Å². The van der Waals surface area contributed by atoms with E-state index in [2.05, 4.69) is 16.7 Å². The summed E-state index contributed by atoms with van der Waals surface area (Å²) in [6.45, 7) is 2.26. The lowest BCUT2D eigenvalue weighted by molar-refractivity contribution is 0.220. The molecule has 0 atom stereocenters. The van der Waals surface area contributed by atoms with E-state index in [1.807, 2.05) is 0 Å². The molecular formula is C9H20N2O3S. The van der Waals surface area contributed by atoms with Crippen LogP contribution < -0.4 is 4.72 Å². The van der Waals surface area contributed by atoms with Gasteiger partial charge in [0, 0.05) is 6.54 Å². The zero-order valence-corrected chi connectivity index (χ0v) is 9.96. The third-order valence-electron chi connectivity index (χ3n) is 2.79. The van der Waals surface area contributed by atoms with Gasteiger partial charge in [0.2, 0.25) is 10.0 Å². The Hall–Kier alpha value is -0.170. The van der Waals surface area contributed by atoms with Gasteiger partial charge in [-0.15, -0.1) is 0 Å². The highest BCUT2D eigenvalue weighted by atomic mass is 32.2. The van der Waals surface area contributed by atoms with Gasteiger partial charge in [-0.1, -0.05) is 0 Å². The fourth-order valence-corrected chi connectivity index (χ4v) is 2.58. The van der Waals surface area contributed by atoms with Gasteiger partial charge in [0.05, 0.1) is 12.4 Å². The molecule has 1 heterocycles. The number of sulfonamides is 1. The average molecular weight is 236 g/mol. The molecule has 0 aromatic rings. The van der Waals surface area contributed by atoms with Crippen molar-refractivity contribution in [2.75, 3.05) is 39.0 Å². The lowest BCUT2D eigenvalue weighted by Gasteiger charge is -2.28. The van der Waals surface area contributed by atoms with Gasteiger partial charge >= 0.3 is 0 Å². The van der Waals surface area contributed by atoms with Crippen molar-refractivity contribution in [1.82, 2.24) is 9.62 Å². The van der Waals surface area contributed by atoms with Crippen molar-refractivity contribution in [1.29, 1.82) is 0 Å². The Labute approximate surface area is 91.5 Å². The average Bonchev–Trinajstić information content (AvgIpc) is 2.17. The zero-order chi connectivity index (χ0) is 11.3. The standard InChI is InChI=1S/C9H20N2O3S/c1-11-4-2-9(3-5-11)8-10-15(13,14)7-6-12/h9-10,12H,2-8H2,1H3. The molecule has 1 rings (SSSR count). The normalized spacial score (nSPS) is 20.7. The summed E-state index contributed by atoms with van der Waals surface area (Å²) in [6, 6.07) is 0. The molecule has 0 radical (unpaired) electrons. The Morgan fingerprint density at radius 1 is 1.40 bits per heavy atom. The monoisotopic (exact) mass is 236 g/mol. The van der Waals surface area contributed by atoms with Crippen LogP contribution in [0.2, 0.25) is 0 Å². The minimum Gasteiger partial charge on any atom is -0.395 e. The fraction of sp³-hybridized carbons (Fsp3) is 1.00. The van der Waals surface area contributed by atoms with Crippen LogP contribution in [-0.4, -0.2) is 57.5 Å². The van der Waals surface area contributed by atoms with Crippen molar-refractivity contribution >= 4 is 10.0 Å². The zero-order valence-electron chi connectivity index (χ0n) is 9.15. The lowest BCUT2D eigenvalue weighted by atomic mass is 9.98. The Bertz CT molecular complexity index is 271. The first-order valence-electron chi connectivity index (χ1n) is 5.30. The van der Waals surface area contributed by atoms with Gasteiger partial charge in [-0.3, -0.25) is 0 Å². The Balaban J connectivity index is 2.25. The van der Waals surface area contributed by atoms with Gasteiger partial charge in [0.1, 0.15) is 0 Å². The number of piperidine rings is 1. The van der Waals surface area contributed by atoms with Crippen molar-refractivity contribution < 1.29 is 13.5 Å². The van der Waals surface area contributed by atoms with Crippen LogP contribution in [0.3, 0.4) is 0 Å². The van der Waals surface area contributed by atoms with Crippen molar-refractivity contribution in [2.24, 2.45) is 5.92 Å². The number of hydrogen-bond donors (Lipinski definition) is 2. The van der Waals surface area contributed by atoms with Crippen molar-refractivity contribution in [2.45, 2.75) is 12.8 Å². The highest BCUT2D eigenvalue weighted by Crippen LogP contribution is 2.14. The largest absolute Gasteiger partial charge is 0.395 e. The van der Waals surface area contributed by atoms with Crippen LogP contribution in [0.15, 0.2) is 0 Å². The summed E-state index contributed by atoms with van der Waals surface area (Å²) in [6.07, 6.45) is 2.08.